The predicted molar refractivity (Wildman–Crippen MR) is 48.4 cm³/mol. The number of hydrogen-bond donors (Lipinski definition) is 1. The van der Waals surface area contributed by atoms with E-state index < -0.39 is 7.12 Å². The molecule has 0 aromatic heterocycles. The zero-order valence-corrected chi connectivity index (χ0v) is 7.16. The molecule has 0 aromatic carbocycles. The molecule has 1 N–H and O–H groups in total. The summed E-state index contributed by atoms with van der Waals surface area (Å²) >= 11 is 0. The van der Waals surface area contributed by atoms with Crippen LogP contribution in [0, 0.1) is 0 Å². The van der Waals surface area contributed by atoms with Crippen LogP contribution in [0.1, 0.15) is 13.8 Å². The molecule has 3 heteroatoms. The molecule has 0 aliphatic carbocycles. The van der Waals surface area contributed by atoms with Crippen molar-refractivity contribution < 1.29 is 9.68 Å². The molecule has 0 fully saturated rings. The van der Waals surface area contributed by atoms with Crippen LogP contribution in [0.5, 0.6) is 0 Å². The van der Waals surface area contributed by atoms with E-state index in [-0.39, 0.29) is 0 Å². The third kappa shape index (κ3) is 7.36. The van der Waals surface area contributed by atoms with Crippen molar-refractivity contribution >= 4 is 7.12 Å². The van der Waals surface area contributed by atoms with Crippen LogP contribution in [0.3, 0.4) is 0 Å². The van der Waals surface area contributed by atoms with Crippen molar-refractivity contribution in [3.63, 3.8) is 0 Å². The Morgan fingerprint density at radius 2 is 1.91 bits per heavy atom. The molecule has 0 amide bonds. The second kappa shape index (κ2) is 7.57. The van der Waals surface area contributed by atoms with Gasteiger partial charge >= 0.3 is 7.12 Å². The average molecular weight is 154 g/mol. The molecule has 0 saturated carbocycles. The summed E-state index contributed by atoms with van der Waals surface area (Å²) in [7, 11) is -0.664. The van der Waals surface area contributed by atoms with Gasteiger partial charge in [0.2, 0.25) is 0 Å². The summed E-state index contributed by atoms with van der Waals surface area (Å²) in [5, 5.41) is 9.10. The number of hydrogen-bond acceptors (Lipinski definition) is 2. The van der Waals surface area contributed by atoms with Gasteiger partial charge in [0.15, 0.2) is 0 Å². The van der Waals surface area contributed by atoms with E-state index in [0.717, 1.165) is 0 Å². The fourth-order valence-electron chi connectivity index (χ4n) is 0.583. The van der Waals surface area contributed by atoms with Gasteiger partial charge in [-0.25, -0.2) is 0 Å². The van der Waals surface area contributed by atoms with E-state index in [1.807, 2.05) is 38.2 Å². The summed E-state index contributed by atoms with van der Waals surface area (Å²) in [6.07, 6.45) is 8.08. The molecule has 62 valence electrons. The SMILES string of the molecule is CC=CCOB(O)CC=CC. The van der Waals surface area contributed by atoms with Gasteiger partial charge in [0.25, 0.3) is 0 Å². The lowest BCUT2D eigenvalue weighted by Gasteiger charge is -2.01. The fourth-order valence-corrected chi connectivity index (χ4v) is 0.583. The van der Waals surface area contributed by atoms with E-state index in [4.69, 9.17) is 9.68 Å². The smallest absolute Gasteiger partial charge is 0.427 e. The minimum absolute atomic E-state index is 0.481. The second-order valence-corrected chi connectivity index (χ2v) is 2.16. The Balaban J connectivity index is 3.29. The van der Waals surface area contributed by atoms with Crippen molar-refractivity contribution in [1.82, 2.24) is 0 Å². The van der Waals surface area contributed by atoms with Crippen LogP contribution in [0.15, 0.2) is 24.3 Å². The molecule has 2 nitrogen and oxygen atoms in total. The highest BCUT2D eigenvalue weighted by molar-refractivity contribution is 6.43. The Morgan fingerprint density at radius 3 is 2.45 bits per heavy atom. The molecule has 0 unspecified atom stereocenters. The lowest BCUT2D eigenvalue weighted by molar-refractivity contribution is 0.294. The molecule has 0 aliphatic rings. The molecule has 0 bridgehead atoms. The highest BCUT2D eigenvalue weighted by atomic mass is 16.5. The van der Waals surface area contributed by atoms with Crippen molar-refractivity contribution in [2.45, 2.75) is 20.2 Å². The van der Waals surface area contributed by atoms with E-state index in [0.29, 0.717) is 12.9 Å². The van der Waals surface area contributed by atoms with Crippen LogP contribution in [0.2, 0.25) is 6.32 Å². The minimum Gasteiger partial charge on any atom is -0.427 e. The van der Waals surface area contributed by atoms with Gasteiger partial charge in [-0.1, -0.05) is 24.3 Å². The maximum Gasteiger partial charge on any atom is 0.458 e. The molecule has 0 aromatic rings. The van der Waals surface area contributed by atoms with Crippen molar-refractivity contribution in [3.8, 4) is 0 Å². The Bertz CT molecular complexity index is 132. The first-order chi connectivity index (χ1) is 5.31. The summed E-state index contributed by atoms with van der Waals surface area (Å²) in [6, 6.07) is 0. The predicted octanol–water partition coefficient (Wildman–Crippen LogP) is 1.64. The summed E-state index contributed by atoms with van der Waals surface area (Å²) in [4.78, 5) is 0. The molecule has 0 spiro atoms. The summed E-state index contributed by atoms with van der Waals surface area (Å²) in [6.45, 7) is 4.32. The van der Waals surface area contributed by atoms with Gasteiger partial charge in [0, 0.05) is 12.9 Å². The Hall–Kier alpha value is -0.535. The molecule has 0 radical (unpaired) electrons. The van der Waals surface area contributed by atoms with Crippen LogP contribution in [-0.2, 0) is 4.65 Å². The molecular weight excluding hydrogens is 139 g/mol. The highest BCUT2D eigenvalue weighted by Gasteiger charge is 2.07. The van der Waals surface area contributed by atoms with Gasteiger partial charge in [0.05, 0.1) is 0 Å². The molecule has 11 heavy (non-hydrogen) atoms. The summed E-state index contributed by atoms with van der Waals surface area (Å²) in [5.74, 6) is 0. The van der Waals surface area contributed by atoms with Gasteiger partial charge < -0.3 is 9.68 Å². The molecule has 0 atom stereocenters. The van der Waals surface area contributed by atoms with Crippen LogP contribution < -0.4 is 0 Å². The van der Waals surface area contributed by atoms with Gasteiger partial charge in [-0.3, -0.25) is 0 Å². The second-order valence-electron chi connectivity index (χ2n) is 2.16. The first-order valence-electron chi connectivity index (χ1n) is 3.83. The maximum absolute atomic E-state index is 9.10. The lowest BCUT2D eigenvalue weighted by atomic mass is 9.85. The van der Waals surface area contributed by atoms with Crippen molar-refractivity contribution in [3.05, 3.63) is 24.3 Å². The van der Waals surface area contributed by atoms with Crippen molar-refractivity contribution in [2.75, 3.05) is 6.61 Å². The van der Waals surface area contributed by atoms with Crippen molar-refractivity contribution in [1.29, 1.82) is 0 Å². The number of rotatable bonds is 5. The van der Waals surface area contributed by atoms with Crippen LogP contribution >= 0.6 is 0 Å². The highest BCUT2D eigenvalue weighted by Crippen LogP contribution is 1.92. The Morgan fingerprint density at radius 1 is 1.27 bits per heavy atom. The Labute approximate surface area is 68.7 Å². The van der Waals surface area contributed by atoms with E-state index in [2.05, 4.69) is 0 Å². The van der Waals surface area contributed by atoms with Gasteiger partial charge in [0.1, 0.15) is 0 Å². The first kappa shape index (κ1) is 10.5. The van der Waals surface area contributed by atoms with Crippen LogP contribution in [0.4, 0.5) is 0 Å². The molecule has 0 rings (SSSR count). The molecule has 0 aliphatic heterocycles. The number of allylic oxidation sites excluding steroid dienone is 3. The van der Waals surface area contributed by atoms with Gasteiger partial charge in [-0.15, -0.1) is 0 Å². The average Bonchev–Trinajstić information content (AvgIpc) is 2.01. The third-order valence-corrected chi connectivity index (χ3v) is 1.19. The van der Waals surface area contributed by atoms with Gasteiger partial charge in [-0.05, 0) is 13.8 Å². The Kier molecular flexibility index (Phi) is 7.20. The summed E-state index contributed by atoms with van der Waals surface area (Å²) < 4.78 is 5.00. The molecule has 0 saturated heterocycles. The van der Waals surface area contributed by atoms with E-state index in [1.54, 1.807) is 0 Å². The topological polar surface area (TPSA) is 29.5 Å². The third-order valence-electron chi connectivity index (χ3n) is 1.19. The normalized spacial score (nSPS) is 11.5. The standard InChI is InChI=1S/C8H15BO2/c1-3-5-7-9(10)11-8-6-4-2/h3-6,10H,7-8H2,1-2H3. The lowest BCUT2D eigenvalue weighted by Crippen LogP contribution is -2.16. The maximum atomic E-state index is 9.10. The molecular formula is C8H15BO2. The quantitative estimate of drug-likeness (QED) is 0.481. The van der Waals surface area contributed by atoms with Crippen LogP contribution in [0.25, 0.3) is 0 Å². The van der Waals surface area contributed by atoms with Gasteiger partial charge in [-0.2, -0.15) is 0 Å². The zero-order chi connectivity index (χ0) is 8.53. The van der Waals surface area contributed by atoms with E-state index in [9.17, 15) is 0 Å². The first-order valence-corrected chi connectivity index (χ1v) is 3.83. The van der Waals surface area contributed by atoms with E-state index in [1.165, 1.54) is 0 Å². The largest absolute Gasteiger partial charge is 0.458 e. The minimum atomic E-state index is -0.664. The van der Waals surface area contributed by atoms with E-state index >= 15 is 0 Å². The molecule has 0 heterocycles. The summed E-state index contributed by atoms with van der Waals surface area (Å²) in [5.41, 5.74) is 0. The fraction of sp³-hybridized carbons (Fsp3) is 0.500. The van der Waals surface area contributed by atoms with Crippen molar-refractivity contribution in [2.24, 2.45) is 0 Å². The monoisotopic (exact) mass is 154 g/mol. The zero-order valence-electron chi connectivity index (χ0n) is 7.16. The van der Waals surface area contributed by atoms with Crippen LogP contribution in [-0.4, -0.2) is 18.7 Å².